The molecule has 0 radical (unpaired) electrons. The molecule has 0 fully saturated rings. The van der Waals surface area contributed by atoms with Gasteiger partial charge in [-0.05, 0) is 93.7 Å². The van der Waals surface area contributed by atoms with Gasteiger partial charge in [-0.1, -0.05) is 170 Å². The molecule has 12 rings (SSSR count). The molecule has 0 spiro atoms. The number of rotatable bonds is 7. The largest absolute Gasteiger partial charge is 0.455 e. The number of nitrogens with zero attached hydrogens (tertiary/aromatic N) is 2. The molecule has 0 N–H and O–H groups in total. The highest BCUT2D eigenvalue weighted by molar-refractivity contribution is 6.11. The van der Waals surface area contributed by atoms with E-state index in [1.165, 1.54) is 49.3 Å². The van der Waals surface area contributed by atoms with E-state index in [1.54, 1.807) is 0 Å². The first kappa shape index (κ1) is 34.9. The maximum absolute atomic E-state index is 6.60. The van der Waals surface area contributed by atoms with Crippen molar-refractivity contribution in [3.05, 3.63) is 231 Å². The molecule has 0 saturated heterocycles. The first-order chi connectivity index (χ1) is 30.3. The number of hydrogen-bond donors (Lipinski definition) is 0. The molecule has 0 aliphatic rings. The van der Waals surface area contributed by atoms with Crippen LogP contribution in [0, 0.1) is 0 Å². The third-order valence-corrected chi connectivity index (χ3v) is 12.2. The van der Waals surface area contributed by atoms with E-state index in [1.807, 2.05) is 12.1 Å². The molecule has 286 valence electrons. The van der Waals surface area contributed by atoms with E-state index < -0.39 is 0 Å². The van der Waals surface area contributed by atoms with Gasteiger partial charge in [0, 0.05) is 49.7 Å². The second-order valence-electron chi connectivity index (χ2n) is 15.7. The van der Waals surface area contributed by atoms with Crippen LogP contribution in [-0.2, 0) is 0 Å². The maximum atomic E-state index is 6.60. The molecule has 0 aliphatic carbocycles. The Hall–Kier alpha value is -8.14. The summed E-state index contributed by atoms with van der Waals surface area (Å²) in [7, 11) is 0. The van der Waals surface area contributed by atoms with Gasteiger partial charge in [0.2, 0.25) is 0 Å². The van der Waals surface area contributed by atoms with Gasteiger partial charge >= 0.3 is 0 Å². The van der Waals surface area contributed by atoms with Crippen molar-refractivity contribution in [1.82, 2.24) is 4.57 Å². The van der Waals surface area contributed by atoms with Gasteiger partial charge < -0.3 is 13.9 Å². The zero-order chi connectivity index (χ0) is 40.3. The number of fused-ring (bicyclic) bond motifs is 7. The highest BCUT2D eigenvalue weighted by Crippen LogP contribution is 2.45. The summed E-state index contributed by atoms with van der Waals surface area (Å²) in [5.41, 5.74) is 15.4. The van der Waals surface area contributed by atoms with Crippen molar-refractivity contribution in [2.45, 2.75) is 0 Å². The number of para-hydroxylation sites is 5. The quantitative estimate of drug-likeness (QED) is 0.161. The van der Waals surface area contributed by atoms with Crippen molar-refractivity contribution < 1.29 is 4.42 Å². The van der Waals surface area contributed by atoms with Gasteiger partial charge in [0.1, 0.15) is 11.2 Å². The van der Waals surface area contributed by atoms with Gasteiger partial charge in [-0.2, -0.15) is 0 Å². The summed E-state index contributed by atoms with van der Waals surface area (Å²) >= 11 is 0. The van der Waals surface area contributed by atoms with Crippen LogP contribution in [0.5, 0.6) is 0 Å². The Morgan fingerprint density at radius 3 is 1.54 bits per heavy atom. The second-order valence-corrected chi connectivity index (χ2v) is 15.7. The monoisotopic (exact) mass is 778 g/mol. The van der Waals surface area contributed by atoms with E-state index in [4.69, 9.17) is 4.42 Å². The van der Waals surface area contributed by atoms with Crippen molar-refractivity contribution in [1.29, 1.82) is 0 Å². The summed E-state index contributed by atoms with van der Waals surface area (Å²) in [4.78, 5) is 2.37. The molecule has 3 heteroatoms. The van der Waals surface area contributed by atoms with Crippen LogP contribution >= 0.6 is 0 Å². The third kappa shape index (κ3) is 5.82. The molecule has 3 nitrogen and oxygen atoms in total. The Morgan fingerprint density at radius 1 is 0.328 bits per heavy atom. The van der Waals surface area contributed by atoms with Crippen molar-refractivity contribution in [3.8, 4) is 39.1 Å². The Labute approximate surface area is 353 Å². The highest BCUT2D eigenvalue weighted by atomic mass is 16.3. The van der Waals surface area contributed by atoms with Crippen LogP contribution in [-0.4, -0.2) is 4.57 Å². The van der Waals surface area contributed by atoms with E-state index >= 15 is 0 Å². The molecule has 2 heterocycles. The first-order valence-electron chi connectivity index (χ1n) is 20.8. The molecule has 0 unspecified atom stereocenters. The minimum absolute atomic E-state index is 0.891. The fourth-order valence-corrected chi connectivity index (χ4v) is 9.36. The average Bonchev–Trinajstić information content (AvgIpc) is 3.88. The van der Waals surface area contributed by atoms with Gasteiger partial charge in [-0.15, -0.1) is 0 Å². The maximum Gasteiger partial charge on any atom is 0.143 e. The molecule has 0 amide bonds. The molecule has 2 aromatic heterocycles. The van der Waals surface area contributed by atoms with E-state index in [0.29, 0.717) is 0 Å². The summed E-state index contributed by atoms with van der Waals surface area (Å²) in [6.45, 7) is 0. The van der Waals surface area contributed by atoms with Crippen LogP contribution in [0.2, 0.25) is 0 Å². The molecule has 12 aromatic rings. The van der Waals surface area contributed by atoms with Crippen LogP contribution in [0.25, 0.3) is 93.6 Å². The standard InChI is InChI=1S/C58H38N2O/c1-2-15-46-41(13-1)14-11-20-47(46)42-31-37-44(38-32-42)59(54-23-7-5-18-50(54)52-21-12-22-53-51-19-6-10-26-57(51)61-58(52)53)43-33-27-39(28-34-43)40-29-35-45(36-30-40)60-55-24-8-3-16-48(55)49-17-4-9-25-56(49)60/h1-38H. The van der Waals surface area contributed by atoms with E-state index in [9.17, 15) is 0 Å². The first-order valence-corrected chi connectivity index (χ1v) is 20.8. The molecule has 61 heavy (non-hydrogen) atoms. The smallest absolute Gasteiger partial charge is 0.143 e. The summed E-state index contributed by atoms with van der Waals surface area (Å²) in [6, 6.07) is 82.8. The van der Waals surface area contributed by atoms with Gasteiger partial charge in [0.05, 0.1) is 16.7 Å². The Kier molecular flexibility index (Phi) is 8.17. The SMILES string of the molecule is c1ccc(N(c2ccc(-c3ccc(-n4c5ccccc5c5ccccc54)cc3)cc2)c2ccc(-c3cccc4ccccc34)cc2)c(-c2cccc3c2oc2ccccc23)c1. The van der Waals surface area contributed by atoms with Crippen molar-refractivity contribution in [2.24, 2.45) is 0 Å². The summed E-state index contributed by atoms with van der Waals surface area (Å²) < 4.78 is 8.97. The predicted molar refractivity (Wildman–Crippen MR) is 257 cm³/mol. The Bertz CT molecular complexity index is 3520. The van der Waals surface area contributed by atoms with E-state index in [2.05, 4.69) is 228 Å². The van der Waals surface area contributed by atoms with E-state index in [-0.39, 0.29) is 0 Å². The minimum Gasteiger partial charge on any atom is -0.455 e. The molecule has 0 aliphatic heterocycles. The molecule has 0 atom stereocenters. The normalized spacial score (nSPS) is 11.6. The zero-order valence-electron chi connectivity index (χ0n) is 33.2. The number of benzene rings is 10. The second kappa shape index (κ2) is 14.3. The molecule has 0 saturated carbocycles. The fraction of sp³-hybridized carbons (Fsp3) is 0. The van der Waals surface area contributed by atoms with Crippen LogP contribution < -0.4 is 4.90 Å². The molecule has 0 bridgehead atoms. The summed E-state index contributed by atoms with van der Waals surface area (Å²) in [6.07, 6.45) is 0. The van der Waals surface area contributed by atoms with Crippen LogP contribution in [0.1, 0.15) is 0 Å². The van der Waals surface area contributed by atoms with Crippen molar-refractivity contribution >= 4 is 71.6 Å². The molecular formula is C58H38N2O. The zero-order valence-corrected chi connectivity index (χ0v) is 33.2. The lowest BCUT2D eigenvalue weighted by Gasteiger charge is -2.28. The van der Waals surface area contributed by atoms with Crippen LogP contribution in [0.15, 0.2) is 235 Å². The van der Waals surface area contributed by atoms with Crippen LogP contribution in [0.3, 0.4) is 0 Å². The molecular weight excluding hydrogens is 741 g/mol. The van der Waals surface area contributed by atoms with Gasteiger partial charge in [0.15, 0.2) is 0 Å². The third-order valence-electron chi connectivity index (χ3n) is 12.2. The Morgan fingerprint density at radius 2 is 0.820 bits per heavy atom. The number of furan rings is 1. The molecule has 10 aromatic carbocycles. The van der Waals surface area contributed by atoms with Crippen molar-refractivity contribution in [3.63, 3.8) is 0 Å². The highest BCUT2D eigenvalue weighted by Gasteiger charge is 2.21. The topological polar surface area (TPSA) is 21.3 Å². The number of hydrogen-bond acceptors (Lipinski definition) is 2. The number of anilines is 3. The lowest BCUT2D eigenvalue weighted by atomic mass is 9.97. The predicted octanol–water partition coefficient (Wildman–Crippen LogP) is 16.3. The fourth-order valence-electron chi connectivity index (χ4n) is 9.36. The summed E-state index contributed by atoms with van der Waals surface area (Å²) in [5.74, 6) is 0. The lowest BCUT2D eigenvalue weighted by molar-refractivity contribution is 0.670. The van der Waals surface area contributed by atoms with Gasteiger partial charge in [0.25, 0.3) is 0 Å². The average molecular weight is 779 g/mol. The Balaban J connectivity index is 0.962. The lowest BCUT2D eigenvalue weighted by Crippen LogP contribution is -2.11. The summed E-state index contributed by atoms with van der Waals surface area (Å²) in [5, 5.41) is 7.25. The van der Waals surface area contributed by atoms with Gasteiger partial charge in [-0.25, -0.2) is 0 Å². The van der Waals surface area contributed by atoms with Gasteiger partial charge in [-0.3, -0.25) is 0 Å². The minimum atomic E-state index is 0.891. The van der Waals surface area contributed by atoms with E-state index in [0.717, 1.165) is 61.4 Å². The van der Waals surface area contributed by atoms with Crippen molar-refractivity contribution in [2.75, 3.05) is 4.90 Å². The van der Waals surface area contributed by atoms with Crippen LogP contribution in [0.4, 0.5) is 17.1 Å². The number of aromatic nitrogens is 1.